The van der Waals surface area contributed by atoms with Gasteiger partial charge in [-0.1, -0.05) is 11.2 Å². The zero-order chi connectivity index (χ0) is 13.0. The van der Waals surface area contributed by atoms with E-state index in [4.69, 9.17) is 10.9 Å². The summed E-state index contributed by atoms with van der Waals surface area (Å²) in [7, 11) is 0. The van der Waals surface area contributed by atoms with Gasteiger partial charge in [0.2, 0.25) is 0 Å². The predicted octanol–water partition coefficient (Wildman–Crippen LogP) is 0.527. The fourth-order valence-corrected chi connectivity index (χ4v) is 2.27. The monoisotopic (exact) mass is 250 g/mol. The molecule has 98 valence electrons. The Labute approximate surface area is 106 Å². The van der Waals surface area contributed by atoms with Crippen LogP contribution in [0.15, 0.2) is 23.4 Å². The third kappa shape index (κ3) is 2.53. The summed E-state index contributed by atoms with van der Waals surface area (Å²) in [5, 5.41) is 21.0. The number of nitrogens with zero attached hydrogens (tertiary/aromatic N) is 3. The molecule has 0 aromatic carbocycles. The maximum Gasteiger partial charge on any atom is 0.188 e. The molecule has 1 aromatic rings. The minimum atomic E-state index is -0.00518. The van der Waals surface area contributed by atoms with Crippen molar-refractivity contribution in [1.82, 2.24) is 4.98 Å². The molecule has 6 heteroatoms. The first-order chi connectivity index (χ1) is 8.76. The molecule has 1 saturated heterocycles. The number of anilines is 1. The van der Waals surface area contributed by atoms with E-state index in [9.17, 15) is 5.11 Å². The molecule has 18 heavy (non-hydrogen) atoms. The molecule has 2 heterocycles. The van der Waals surface area contributed by atoms with Crippen LogP contribution in [0.2, 0.25) is 0 Å². The Morgan fingerprint density at radius 2 is 2.33 bits per heavy atom. The fraction of sp³-hybridized carbons (Fsp3) is 0.500. The van der Waals surface area contributed by atoms with E-state index in [1.807, 2.05) is 12.1 Å². The van der Waals surface area contributed by atoms with Crippen molar-refractivity contribution in [2.45, 2.75) is 25.3 Å². The third-order valence-electron chi connectivity index (χ3n) is 3.24. The molecule has 0 amide bonds. The highest BCUT2D eigenvalue weighted by atomic mass is 16.4. The number of hydrogen-bond donors (Lipinski definition) is 3. The van der Waals surface area contributed by atoms with Gasteiger partial charge in [-0.05, 0) is 31.4 Å². The number of pyridine rings is 1. The van der Waals surface area contributed by atoms with Crippen molar-refractivity contribution in [3.05, 3.63) is 23.9 Å². The number of amidine groups is 1. The molecule has 1 atom stereocenters. The molecule has 2 rings (SSSR count). The molecule has 6 nitrogen and oxygen atoms in total. The average molecular weight is 250 g/mol. The van der Waals surface area contributed by atoms with Crippen LogP contribution in [0.4, 0.5) is 5.82 Å². The van der Waals surface area contributed by atoms with Crippen LogP contribution in [0.3, 0.4) is 0 Å². The smallest absolute Gasteiger partial charge is 0.188 e. The number of piperidine rings is 1. The molecule has 0 saturated carbocycles. The maximum atomic E-state index is 9.39. The number of nitrogens with two attached hydrogens (primary N) is 1. The molecule has 0 spiro atoms. The van der Waals surface area contributed by atoms with Crippen molar-refractivity contribution in [3.8, 4) is 0 Å². The van der Waals surface area contributed by atoms with Gasteiger partial charge in [0, 0.05) is 6.54 Å². The fourth-order valence-electron chi connectivity index (χ4n) is 2.27. The summed E-state index contributed by atoms with van der Waals surface area (Å²) in [5.74, 6) is 0.757. The first kappa shape index (κ1) is 12.6. The zero-order valence-corrected chi connectivity index (χ0v) is 10.2. The minimum absolute atomic E-state index is 0.00518. The first-order valence-corrected chi connectivity index (χ1v) is 6.08. The van der Waals surface area contributed by atoms with Crippen molar-refractivity contribution >= 4 is 11.7 Å². The lowest BCUT2D eigenvalue weighted by Gasteiger charge is -2.35. The van der Waals surface area contributed by atoms with E-state index >= 15 is 0 Å². The lowest BCUT2D eigenvalue weighted by Crippen LogP contribution is -2.42. The standard InChI is InChI=1S/C12H18N4O2/c13-12(15-18)10-5-3-6-11(14-10)16-7-2-1-4-9(16)8-17/h3,5-6,9,17-18H,1-2,4,7-8H2,(H2,13,15). The van der Waals surface area contributed by atoms with Gasteiger partial charge in [0.05, 0.1) is 12.6 Å². The SMILES string of the molecule is NC(=NO)c1cccc(N2CCCCC2CO)n1. The van der Waals surface area contributed by atoms with Crippen molar-refractivity contribution in [3.63, 3.8) is 0 Å². The molecule has 1 aliphatic heterocycles. The number of rotatable bonds is 3. The molecular weight excluding hydrogens is 232 g/mol. The topological polar surface area (TPSA) is 95.0 Å². The summed E-state index contributed by atoms with van der Waals surface area (Å²) < 4.78 is 0. The van der Waals surface area contributed by atoms with Gasteiger partial charge in [-0.2, -0.15) is 0 Å². The van der Waals surface area contributed by atoms with E-state index < -0.39 is 0 Å². The summed E-state index contributed by atoms with van der Waals surface area (Å²) in [6.45, 7) is 0.993. The molecular formula is C12H18N4O2. The van der Waals surface area contributed by atoms with Crippen LogP contribution in [0, 0.1) is 0 Å². The Morgan fingerprint density at radius 3 is 3.06 bits per heavy atom. The second-order valence-corrected chi connectivity index (χ2v) is 4.39. The Bertz CT molecular complexity index is 436. The number of hydrogen-bond acceptors (Lipinski definition) is 5. The highest BCUT2D eigenvalue weighted by molar-refractivity contribution is 5.95. The van der Waals surface area contributed by atoms with E-state index in [-0.39, 0.29) is 18.5 Å². The molecule has 4 N–H and O–H groups in total. The van der Waals surface area contributed by atoms with Gasteiger partial charge in [0.25, 0.3) is 0 Å². The van der Waals surface area contributed by atoms with Crippen LogP contribution in [0.1, 0.15) is 25.0 Å². The van der Waals surface area contributed by atoms with Gasteiger partial charge in [-0.25, -0.2) is 4.98 Å². The van der Waals surface area contributed by atoms with Gasteiger partial charge in [0.1, 0.15) is 11.5 Å². The molecule has 0 radical (unpaired) electrons. The Hall–Kier alpha value is -1.82. The van der Waals surface area contributed by atoms with Crippen LogP contribution in [0.5, 0.6) is 0 Å². The average Bonchev–Trinajstić information content (AvgIpc) is 2.46. The quantitative estimate of drug-likeness (QED) is 0.315. The summed E-state index contributed by atoms with van der Waals surface area (Å²) in [4.78, 5) is 6.45. The second-order valence-electron chi connectivity index (χ2n) is 4.39. The molecule has 1 fully saturated rings. The number of aromatic nitrogens is 1. The molecule has 1 aromatic heterocycles. The van der Waals surface area contributed by atoms with Crippen molar-refractivity contribution < 1.29 is 10.3 Å². The summed E-state index contributed by atoms with van der Waals surface area (Å²) >= 11 is 0. The summed E-state index contributed by atoms with van der Waals surface area (Å²) in [6.07, 6.45) is 3.18. The largest absolute Gasteiger partial charge is 0.409 e. The maximum absolute atomic E-state index is 9.39. The van der Waals surface area contributed by atoms with Crippen LogP contribution in [0.25, 0.3) is 0 Å². The van der Waals surface area contributed by atoms with E-state index in [0.29, 0.717) is 5.69 Å². The van der Waals surface area contributed by atoms with Crippen LogP contribution >= 0.6 is 0 Å². The second kappa shape index (κ2) is 5.68. The molecule has 1 unspecified atom stereocenters. The summed E-state index contributed by atoms with van der Waals surface area (Å²) in [6, 6.07) is 5.49. The lowest BCUT2D eigenvalue weighted by molar-refractivity contribution is 0.239. The van der Waals surface area contributed by atoms with Crippen LogP contribution in [-0.4, -0.2) is 40.3 Å². The van der Waals surface area contributed by atoms with E-state index in [1.165, 1.54) is 0 Å². The van der Waals surface area contributed by atoms with Crippen molar-refractivity contribution in [2.75, 3.05) is 18.1 Å². The molecule has 0 bridgehead atoms. The number of aliphatic hydroxyl groups is 1. The van der Waals surface area contributed by atoms with Gasteiger partial charge in [-0.15, -0.1) is 0 Å². The number of oxime groups is 1. The Morgan fingerprint density at radius 1 is 1.50 bits per heavy atom. The highest BCUT2D eigenvalue weighted by Gasteiger charge is 2.23. The van der Waals surface area contributed by atoms with Crippen LogP contribution in [-0.2, 0) is 0 Å². The normalized spacial score (nSPS) is 21.1. The Balaban J connectivity index is 2.26. The van der Waals surface area contributed by atoms with E-state index in [1.54, 1.807) is 6.07 Å². The van der Waals surface area contributed by atoms with Gasteiger partial charge < -0.3 is 20.9 Å². The zero-order valence-electron chi connectivity index (χ0n) is 10.2. The molecule has 1 aliphatic rings. The predicted molar refractivity (Wildman–Crippen MR) is 68.8 cm³/mol. The highest BCUT2D eigenvalue weighted by Crippen LogP contribution is 2.22. The van der Waals surface area contributed by atoms with Crippen LogP contribution < -0.4 is 10.6 Å². The number of aliphatic hydroxyl groups excluding tert-OH is 1. The minimum Gasteiger partial charge on any atom is -0.409 e. The van der Waals surface area contributed by atoms with Gasteiger partial charge in [0.15, 0.2) is 5.84 Å². The Kier molecular flexibility index (Phi) is 3.99. The lowest BCUT2D eigenvalue weighted by atomic mass is 10.0. The van der Waals surface area contributed by atoms with E-state index in [2.05, 4.69) is 15.0 Å². The van der Waals surface area contributed by atoms with E-state index in [0.717, 1.165) is 31.6 Å². The van der Waals surface area contributed by atoms with Crippen molar-refractivity contribution in [2.24, 2.45) is 10.9 Å². The van der Waals surface area contributed by atoms with Gasteiger partial charge in [-0.3, -0.25) is 0 Å². The molecule has 0 aliphatic carbocycles. The first-order valence-electron chi connectivity index (χ1n) is 6.08. The van der Waals surface area contributed by atoms with Gasteiger partial charge >= 0.3 is 0 Å². The van der Waals surface area contributed by atoms with Crippen molar-refractivity contribution in [1.29, 1.82) is 0 Å². The summed E-state index contributed by atoms with van der Waals surface area (Å²) in [5.41, 5.74) is 5.97. The third-order valence-corrected chi connectivity index (χ3v) is 3.24.